The molecule has 1 N–H and O–H groups in total. The van der Waals surface area contributed by atoms with E-state index in [1.165, 1.54) is 0 Å². The highest BCUT2D eigenvalue weighted by Crippen LogP contribution is 2.28. The molecule has 1 aliphatic heterocycles. The molecule has 2 unspecified atom stereocenters. The average Bonchev–Trinajstić information content (AvgIpc) is 2.37. The number of halogens is 2. The number of sulfonamides is 1. The second-order valence-electron chi connectivity index (χ2n) is 5.14. The van der Waals surface area contributed by atoms with Gasteiger partial charge in [-0.3, -0.25) is 4.79 Å². The molecule has 0 amide bonds. The third-order valence-corrected chi connectivity index (χ3v) is 5.57. The number of hydrogen-bond acceptors (Lipinski definition) is 3. The summed E-state index contributed by atoms with van der Waals surface area (Å²) in [6.45, 7) is 1.45. The number of hydrogen-bond donors (Lipinski definition) is 1. The summed E-state index contributed by atoms with van der Waals surface area (Å²) in [5.41, 5.74) is 0. The topological polar surface area (TPSA) is 74.7 Å². The van der Waals surface area contributed by atoms with E-state index in [0.717, 1.165) is 16.4 Å². The summed E-state index contributed by atoms with van der Waals surface area (Å²) in [6.07, 6.45) is 0.758. The van der Waals surface area contributed by atoms with Crippen molar-refractivity contribution in [3.05, 3.63) is 29.8 Å². The Morgan fingerprint density at radius 1 is 1.24 bits per heavy atom. The normalized spacial score (nSPS) is 24.0. The van der Waals surface area contributed by atoms with Crippen LogP contribution in [0.15, 0.2) is 23.1 Å². The first-order chi connectivity index (χ1) is 9.71. The zero-order valence-electron chi connectivity index (χ0n) is 11.3. The van der Waals surface area contributed by atoms with Gasteiger partial charge in [0, 0.05) is 18.7 Å². The van der Waals surface area contributed by atoms with Gasteiger partial charge >= 0.3 is 5.97 Å². The quantitative estimate of drug-likeness (QED) is 0.922. The Balaban J connectivity index is 2.39. The van der Waals surface area contributed by atoms with Crippen molar-refractivity contribution in [3.8, 4) is 0 Å². The molecule has 1 aliphatic rings. The average molecular weight is 319 g/mol. The van der Waals surface area contributed by atoms with Crippen molar-refractivity contribution in [2.24, 2.45) is 5.92 Å². The summed E-state index contributed by atoms with van der Waals surface area (Å²) in [4.78, 5) is 10.5. The zero-order chi connectivity index (χ0) is 15.8. The summed E-state index contributed by atoms with van der Waals surface area (Å²) >= 11 is 0. The van der Waals surface area contributed by atoms with E-state index >= 15 is 0 Å². The molecule has 8 heteroatoms. The summed E-state index contributed by atoms with van der Waals surface area (Å²) in [5, 5.41) is 9.03. The van der Waals surface area contributed by atoms with Gasteiger partial charge in [-0.2, -0.15) is 4.31 Å². The molecule has 21 heavy (non-hydrogen) atoms. The first-order valence-electron chi connectivity index (χ1n) is 6.42. The van der Waals surface area contributed by atoms with Crippen molar-refractivity contribution in [1.29, 1.82) is 0 Å². The van der Waals surface area contributed by atoms with E-state index < -0.39 is 44.5 Å². The number of aliphatic carboxylic acids is 1. The molecule has 1 aromatic carbocycles. The van der Waals surface area contributed by atoms with Crippen molar-refractivity contribution in [3.63, 3.8) is 0 Å². The van der Waals surface area contributed by atoms with Gasteiger partial charge in [-0.15, -0.1) is 0 Å². The van der Waals surface area contributed by atoms with Crippen LogP contribution < -0.4 is 0 Å². The van der Waals surface area contributed by atoms with Crippen LogP contribution in [0, 0.1) is 17.6 Å². The molecular formula is C13H15F2NO4S. The van der Waals surface area contributed by atoms with E-state index in [4.69, 9.17) is 5.11 Å². The molecule has 116 valence electrons. The number of piperidine rings is 1. The Morgan fingerprint density at radius 3 is 2.33 bits per heavy atom. The van der Waals surface area contributed by atoms with Crippen LogP contribution in [0.2, 0.25) is 0 Å². The maximum Gasteiger partial charge on any atom is 0.307 e. The largest absolute Gasteiger partial charge is 0.481 e. The van der Waals surface area contributed by atoms with Crippen LogP contribution in [-0.4, -0.2) is 36.4 Å². The van der Waals surface area contributed by atoms with Gasteiger partial charge in [-0.25, -0.2) is 17.2 Å². The highest BCUT2D eigenvalue weighted by atomic mass is 32.2. The van der Waals surface area contributed by atoms with E-state index in [2.05, 4.69) is 0 Å². The highest BCUT2D eigenvalue weighted by molar-refractivity contribution is 7.89. The van der Waals surface area contributed by atoms with Gasteiger partial charge in [0.15, 0.2) is 0 Å². The lowest BCUT2D eigenvalue weighted by atomic mass is 9.96. The van der Waals surface area contributed by atoms with Crippen LogP contribution in [0.1, 0.15) is 19.8 Å². The molecule has 1 aromatic rings. The van der Waals surface area contributed by atoms with Crippen molar-refractivity contribution >= 4 is 16.0 Å². The number of carboxylic acids is 1. The third-order valence-electron chi connectivity index (χ3n) is 3.62. The molecule has 0 saturated carbocycles. The van der Waals surface area contributed by atoms with E-state index in [9.17, 15) is 22.0 Å². The van der Waals surface area contributed by atoms with Crippen LogP contribution >= 0.6 is 0 Å². The van der Waals surface area contributed by atoms with Crippen LogP contribution in [0.4, 0.5) is 8.78 Å². The summed E-state index contributed by atoms with van der Waals surface area (Å²) in [5.74, 6) is -3.87. The van der Waals surface area contributed by atoms with Crippen LogP contribution in [-0.2, 0) is 14.8 Å². The summed E-state index contributed by atoms with van der Waals surface area (Å²) in [6, 6.07) is 1.63. The predicted octanol–water partition coefficient (Wildman–Crippen LogP) is 1.84. The van der Waals surface area contributed by atoms with Crippen molar-refractivity contribution in [2.45, 2.75) is 30.7 Å². The van der Waals surface area contributed by atoms with Gasteiger partial charge in [0.1, 0.15) is 11.6 Å². The minimum absolute atomic E-state index is 0.197. The van der Waals surface area contributed by atoms with Crippen molar-refractivity contribution in [1.82, 2.24) is 4.31 Å². The maximum absolute atomic E-state index is 13.2. The van der Waals surface area contributed by atoms with Gasteiger partial charge < -0.3 is 5.11 Å². The lowest BCUT2D eigenvalue weighted by molar-refractivity contribution is -0.143. The standard InChI is InChI=1S/C13H15F2NO4S/c1-8-2-3-9(13(17)18)7-16(8)21(19,20)12-5-10(14)4-11(15)6-12/h4-6,8-9H,2-3,7H2,1H3,(H,17,18). The van der Waals surface area contributed by atoms with E-state index in [1.807, 2.05) is 0 Å². The fraction of sp³-hybridized carbons (Fsp3) is 0.462. The second-order valence-corrected chi connectivity index (χ2v) is 7.03. The molecular weight excluding hydrogens is 304 g/mol. The molecule has 0 aromatic heterocycles. The SMILES string of the molecule is CC1CCC(C(=O)O)CN1S(=O)(=O)c1cc(F)cc(F)c1. The van der Waals surface area contributed by atoms with E-state index in [1.54, 1.807) is 6.92 Å². The van der Waals surface area contributed by atoms with Crippen molar-refractivity contribution in [2.75, 3.05) is 6.54 Å². The Labute approximate surface area is 121 Å². The van der Waals surface area contributed by atoms with Gasteiger partial charge in [0.05, 0.1) is 10.8 Å². The number of carboxylic acid groups (broad SMARTS) is 1. The molecule has 1 heterocycles. The minimum Gasteiger partial charge on any atom is -0.481 e. The Kier molecular flexibility index (Phi) is 4.29. The first-order valence-corrected chi connectivity index (χ1v) is 7.86. The molecule has 5 nitrogen and oxygen atoms in total. The molecule has 0 bridgehead atoms. The summed E-state index contributed by atoms with van der Waals surface area (Å²) in [7, 11) is -4.13. The van der Waals surface area contributed by atoms with Crippen LogP contribution in [0.25, 0.3) is 0 Å². The fourth-order valence-corrected chi connectivity index (χ4v) is 4.17. The van der Waals surface area contributed by atoms with Crippen LogP contribution in [0.3, 0.4) is 0 Å². The molecule has 0 spiro atoms. The van der Waals surface area contributed by atoms with Gasteiger partial charge in [0.25, 0.3) is 0 Å². The van der Waals surface area contributed by atoms with Gasteiger partial charge in [0.2, 0.25) is 10.0 Å². The molecule has 1 fully saturated rings. The minimum atomic E-state index is -4.13. The Morgan fingerprint density at radius 2 is 1.81 bits per heavy atom. The Bertz CT molecular complexity index is 642. The number of benzene rings is 1. The number of rotatable bonds is 3. The third kappa shape index (κ3) is 3.21. The highest BCUT2D eigenvalue weighted by Gasteiger charge is 2.37. The lowest BCUT2D eigenvalue weighted by Gasteiger charge is -2.35. The fourth-order valence-electron chi connectivity index (χ4n) is 2.42. The molecule has 2 atom stereocenters. The number of carbonyl (C=O) groups is 1. The van der Waals surface area contributed by atoms with Crippen molar-refractivity contribution < 1.29 is 27.1 Å². The molecule has 2 rings (SSSR count). The van der Waals surface area contributed by atoms with Gasteiger partial charge in [-0.1, -0.05) is 0 Å². The van der Waals surface area contributed by atoms with E-state index in [0.29, 0.717) is 18.9 Å². The Hall–Kier alpha value is -1.54. The van der Waals surface area contributed by atoms with Gasteiger partial charge in [-0.05, 0) is 31.9 Å². The lowest BCUT2D eigenvalue weighted by Crippen LogP contribution is -2.47. The predicted molar refractivity (Wildman–Crippen MR) is 70.1 cm³/mol. The second kappa shape index (κ2) is 5.69. The van der Waals surface area contributed by atoms with E-state index in [-0.39, 0.29) is 6.54 Å². The monoisotopic (exact) mass is 319 g/mol. The maximum atomic E-state index is 13.2. The number of nitrogens with zero attached hydrogens (tertiary/aromatic N) is 1. The van der Waals surface area contributed by atoms with Crippen LogP contribution in [0.5, 0.6) is 0 Å². The molecule has 1 saturated heterocycles. The smallest absolute Gasteiger partial charge is 0.307 e. The zero-order valence-corrected chi connectivity index (χ0v) is 12.1. The molecule has 0 aliphatic carbocycles. The molecule has 0 radical (unpaired) electrons. The first kappa shape index (κ1) is 15.8. The summed E-state index contributed by atoms with van der Waals surface area (Å²) < 4.78 is 52.4.